The van der Waals surface area contributed by atoms with E-state index in [1.807, 2.05) is 37.3 Å². The van der Waals surface area contributed by atoms with Gasteiger partial charge in [0.15, 0.2) is 11.5 Å². The number of hydrogen-bond acceptors (Lipinski definition) is 5. The second-order valence-electron chi connectivity index (χ2n) is 7.41. The quantitative estimate of drug-likeness (QED) is 0.766. The molecule has 150 valence electrons. The van der Waals surface area contributed by atoms with Gasteiger partial charge in [0, 0.05) is 24.4 Å². The number of pyridine rings is 1. The molecule has 0 aliphatic heterocycles. The van der Waals surface area contributed by atoms with Crippen LogP contribution in [0.4, 0.5) is 0 Å². The highest BCUT2D eigenvalue weighted by atomic mass is 16.5. The Morgan fingerprint density at radius 1 is 1.25 bits per heavy atom. The van der Waals surface area contributed by atoms with Crippen LogP contribution < -0.4 is 20.5 Å². The molecular weight excluding hydrogens is 354 g/mol. The van der Waals surface area contributed by atoms with Crippen LogP contribution >= 0.6 is 0 Å². The zero-order valence-corrected chi connectivity index (χ0v) is 16.6. The monoisotopic (exact) mass is 383 g/mol. The number of hydrogen-bond donors (Lipinski definition) is 2. The number of aromatic nitrogens is 1. The molecule has 0 saturated heterocycles. The smallest absolute Gasteiger partial charge is 0.223 e. The van der Waals surface area contributed by atoms with Gasteiger partial charge in [-0.1, -0.05) is 12.5 Å². The van der Waals surface area contributed by atoms with E-state index in [4.69, 9.17) is 15.2 Å². The van der Waals surface area contributed by atoms with Gasteiger partial charge in [-0.25, -0.2) is 0 Å². The minimum absolute atomic E-state index is 0.0102. The van der Waals surface area contributed by atoms with Gasteiger partial charge in [0.25, 0.3) is 0 Å². The van der Waals surface area contributed by atoms with Crippen molar-refractivity contribution in [2.75, 3.05) is 7.11 Å². The number of rotatable bonds is 7. The van der Waals surface area contributed by atoms with E-state index in [9.17, 15) is 4.79 Å². The normalized spacial score (nSPS) is 20.2. The number of nitrogens with two attached hydrogens (primary N) is 1. The summed E-state index contributed by atoms with van der Waals surface area (Å²) >= 11 is 0. The Morgan fingerprint density at radius 3 is 2.75 bits per heavy atom. The third-order valence-corrected chi connectivity index (χ3v) is 5.28. The number of ether oxygens (including phenoxy) is 2. The lowest BCUT2D eigenvalue weighted by Gasteiger charge is -2.27. The number of carbonyl (C=O) groups is 1. The van der Waals surface area contributed by atoms with Gasteiger partial charge in [0.05, 0.1) is 13.2 Å². The number of benzene rings is 1. The number of nitrogens with one attached hydrogen (secondary N) is 1. The van der Waals surface area contributed by atoms with Crippen LogP contribution in [-0.2, 0) is 11.4 Å². The van der Waals surface area contributed by atoms with Crippen molar-refractivity contribution in [1.29, 1.82) is 0 Å². The van der Waals surface area contributed by atoms with E-state index >= 15 is 0 Å². The average Bonchev–Trinajstić information content (AvgIpc) is 2.72. The molecule has 1 aliphatic rings. The molecule has 0 bridgehead atoms. The standard InChI is InChI=1S/C22H29N3O3/c1-15(25-22(26)18-4-3-5-19(23)12-18)17-6-7-20(21(13-17)27-2)28-14-16-8-10-24-11-9-16/h6-11,13,15,18-19H,3-5,12,14,23H2,1-2H3,(H,25,26). The van der Waals surface area contributed by atoms with Gasteiger partial charge < -0.3 is 20.5 Å². The lowest BCUT2D eigenvalue weighted by atomic mass is 9.85. The minimum Gasteiger partial charge on any atom is -0.493 e. The minimum atomic E-state index is -0.117. The molecule has 3 rings (SSSR count). The maximum Gasteiger partial charge on any atom is 0.223 e. The highest BCUT2D eigenvalue weighted by Crippen LogP contribution is 2.31. The molecule has 0 radical (unpaired) electrons. The molecule has 1 aliphatic carbocycles. The summed E-state index contributed by atoms with van der Waals surface area (Å²) in [6.45, 7) is 2.42. The molecule has 3 unspecified atom stereocenters. The molecule has 6 heteroatoms. The third-order valence-electron chi connectivity index (χ3n) is 5.28. The lowest BCUT2D eigenvalue weighted by molar-refractivity contribution is -0.126. The van der Waals surface area contributed by atoms with Gasteiger partial charge in [-0.3, -0.25) is 9.78 Å². The van der Waals surface area contributed by atoms with E-state index in [1.54, 1.807) is 19.5 Å². The van der Waals surface area contributed by atoms with E-state index in [1.165, 1.54) is 0 Å². The molecule has 28 heavy (non-hydrogen) atoms. The van der Waals surface area contributed by atoms with Crippen LogP contribution in [0, 0.1) is 5.92 Å². The molecule has 0 spiro atoms. The summed E-state index contributed by atoms with van der Waals surface area (Å²) in [6, 6.07) is 9.60. The number of nitrogens with zero attached hydrogens (tertiary/aromatic N) is 1. The molecule has 1 fully saturated rings. The van der Waals surface area contributed by atoms with Crippen molar-refractivity contribution in [3.63, 3.8) is 0 Å². The van der Waals surface area contributed by atoms with Crippen molar-refractivity contribution >= 4 is 5.91 Å². The average molecular weight is 383 g/mol. The van der Waals surface area contributed by atoms with E-state index in [0.717, 1.165) is 36.8 Å². The van der Waals surface area contributed by atoms with Gasteiger partial charge in [-0.2, -0.15) is 0 Å². The Bertz CT molecular complexity index is 782. The fraction of sp³-hybridized carbons (Fsp3) is 0.455. The van der Waals surface area contributed by atoms with Crippen molar-refractivity contribution in [2.45, 2.75) is 51.3 Å². The number of amides is 1. The summed E-state index contributed by atoms with van der Waals surface area (Å²) in [7, 11) is 1.62. The first kappa shape index (κ1) is 20.1. The third kappa shape index (κ3) is 5.23. The topological polar surface area (TPSA) is 86.5 Å². The molecule has 1 aromatic heterocycles. The Morgan fingerprint density at radius 2 is 2.04 bits per heavy atom. The van der Waals surface area contributed by atoms with Crippen LogP contribution in [0.1, 0.15) is 49.8 Å². The molecule has 3 N–H and O–H groups in total. The van der Waals surface area contributed by atoms with Crippen molar-refractivity contribution in [3.8, 4) is 11.5 Å². The molecule has 1 saturated carbocycles. The highest BCUT2D eigenvalue weighted by Gasteiger charge is 2.26. The van der Waals surface area contributed by atoms with Crippen LogP contribution in [0.25, 0.3) is 0 Å². The van der Waals surface area contributed by atoms with E-state index in [0.29, 0.717) is 18.1 Å². The Hall–Kier alpha value is -2.60. The fourth-order valence-corrected chi connectivity index (χ4v) is 3.59. The van der Waals surface area contributed by atoms with Crippen LogP contribution in [0.2, 0.25) is 0 Å². The van der Waals surface area contributed by atoms with E-state index in [2.05, 4.69) is 10.3 Å². The van der Waals surface area contributed by atoms with Crippen LogP contribution in [-0.4, -0.2) is 24.0 Å². The zero-order chi connectivity index (χ0) is 19.9. The molecule has 1 aromatic carbocycles. The Balaban J connectivity index is 1.62. The molecule has 1 amide bonds. The highest BCUT2D eigenvalue weighted by molar-refractivity contribution is 5.79. The van der Waals surface area contributed by atoms with Crippen molar-refractivity contribution < 1.29 is 14.3 Å². The number of methoxy groups -OCH3 is 1. The van der Waals surface area contributed by atoms with Crippen molar-refractivity contribution in [1.82, 2.24) is 10.3 Å². The van der Waals surface area contributed by atoms with Gasteiger partial charge in [0.2, 0.25) is 5.91 Å². The maximum absolute atomic E-state index is 12.6. The summed E-state index contributed by atoms with van der Waals surface area (Å²) in [6.07, 6.45) is 7.19. The van der Waals surface area contributed by atoms with Crippen LogP contribution in [0.3, 0.4) is 0 Å². The van der Waals surface area contributed by atoms with Crippen LogP contribution in [0.5, 0.6) is 11.5 Å². The SMILES string of the molecule is COc1cc(C(C)NC(=O)C2CCCC(N)C2)ccc1OCc1ccncc1. The first-order valence-corrected chi connectivity index (χ1v) is 9.82. The second-order valence-corrected chi connectivity index (χ2v) is 7.41. The van der Waals surface area contributed by atoms with E-state index in [-0.39, 0.29) is 23.9 Å². The van der Waals surface area contributed by atoms with Gasteiger partial charge in [0.1, 0.15) is 6.61 Å². The van der Waals surface area contributed by atoms with Crippen molar-refractivity contribution in [3.05, 3.63) is 53.9 Å². The van der Waals surface area contributed by atoms with E-state index < -0.39 is 0 Å². The fourth-order valence-electron chi connectivity index (χ4n) is 3.59. The molecule has 6 nitrogen and oxygen atoms in total. The predicted octanol–water partition coefficient (Wildman–Crippen LogP) is 3.36. The largest absolute Gasteiger partial charge is 0.493 e. The summed E-state index contributed by atoms with van der Waals surface area (Å²) in [5.41, 5.74) is 8.02. The zero-order valence-electron chi connectivity index (χ0n) is 16.6. The summed E-state index contributed by atoms with van der Waals surface area (Å²) in [5.74, 6) is 1.41. The van der Waals surface area contributed by atoms with Crippen molar-refractivity contribution in [2.24, 2.45) is 11.7 Å². The first-order chi connectivity index (χ1) is 13.6. The van der Waals surface area contributed by atoms with Gasteiger partial charge >= 0.3 is 0 Å². The van der Waals surface area contributed by atoms with Gasteiger partial charge in [-0.05, 0) is 61.6 Å². The Labute approximate surface area is 166 Å². The molecule has 1 heterocycles. The number of carbonyl (C=O) groups excluding carboxylic acids is 1. The Kier molecular flexibility index (Phi) is 6.87. The first-order valence-electron chi connectivity index (χ1n) is 9.82. The molecular formula is C22H29N3O3. The maximum atomic E-state index is 12.6. The van der Waals surface area contributed by atoms with Crippen LogP contribution in [0.15, 0.2) is 42.7 Å². The second kappa shape index (κ2) is 9.55. The molecule has 3 atom stereocenters. The summed E-state index contributed by atoms with van der Waals surface area (Å²) in [4.78, 5) is 16.6. The summed E-state index contributed by atoms with van der Waals surface area (Å²) in [5, 5.41) is 3.12. The lowest BCUT2D eigenvalue weighted by Crippen LogP contribution is -2.38. The summed E-state index contributed by atoms with van der Waals surface area (Å²) < 4.78 is 11.4. The van der Waals surface area contributed by atoms with Gasteiger partial charge in [-0.15, -0.1) is 0 Å². The molecule has 2 aromatic rings. The predicted molar refractivity (Wildman–Crippen MR) is 108 cm³/mol.